The molecule has 0 aliphatic heterocycles. The second-order valence-corrected chi connectivity index (χ2v) is 7.15. The number of rotatable bonds is 4. The summed E-state index contributed by atoms with van der Waals surface area (Å²) in [6.45, 7) is 2.66. The van der Waals surface area contributed by atoms with Gasteiger partial charge in [-0.25, -0.2) is 0 Å². The molecule has 0 fully saturated rings. The van der Waals surface area contributed by atoms with E-state index in [9.17, 15) is 4.79 Å². The standard InChI is InChI=1S/C21H17BrN2O2/c1-14-2-4-15(5-3-14)13-24-18-10-11-26-20(18)12-19(24)21(25)23-17-8-6-16(22)7-9-17/h2-12H,13H2,1H3,(H,23,25). The van der Waals surface area contributed by atoms with Crippen molar-refractivity contribution < 1.29 is 9.21 Å². The van der Waals surface area contributed by atoms with Gasteiger partial charge in [0.25, 0.3) is 5.91 Å². The average Bonchev–Trinajstić information content (AvgIpc) is 3.21. The molecule has 0 bridgehead atoms. The molecule has 4 rings (SSSR count). The first kappa shape index (κ1) is 16.7. The van der Waals surface area contributed by atoms with Crippen molar-refractivity contribution in [1.29, 1.82) is 0 Å². The zero-order chi connectivity index (χ0) is 18.1. The molecular weight excluding hydrogens is 392 g/mol. The summed E-state index contributed by atoms with van der Waals surface area (Å²) in [5.41, 5.74) is 5.28. The van der Waals surface area contributed by atoms with Gasteiger partial charge in [-0.1, -0.05) is 45.8 Å². The van der Waals surface area contributed by atoms with E-state index in [0.717, 1.165) is 21.2 Å². The van der Waals surface area contributed by atoms with Crippen LogP contribution in [0.15, 0.2) is 75.8 Å². The Labute approximate surface area is 159 Å². The third-order valence-corrected chi connectivity index (χ3v) is 4.85. The highest BCUT2D eigenvalue weighted by Gasteiger charge is 2.18. The van der Waals surface area contributed by atoms with Crippen LogP contribution < -0.4 is 5.32 Å². The van der Waals surface area contributed by atoms with Gasteiger partial charge in [0.05, 0.1) is 11.8 Å². The largest absolute Gasteiger partial charge is 0.463 e. The Morgan fingerprint density at radius 2 is 1.81 bits per heavy atom. The zero-order valence-corrected chi connectivity index (χ0v) is 15.8. The predicted octanol–water partition coefficient (Wildman–Crippen LogP) is 5.61. The minimum atomic E-state index is -0.161. The van der Waals surface area contributed by atoms with Crippen LogP contribution in [0.5, 0.6) is 0 Å². The minimum Gasteiger partial charge on any atom is -0.463 e. The summed E-state index contributed by atoms with van der Waals surface area (Å²) in [5.74, 6) is -0.161. The monoisotopic (exact) mass is 408 g/mol. The molecule has 130 valence electrons. The second kappa shape index (κ2) is 6.84. The Bertz CT molecular complexity index is 1060. The summed E-state index contributed by atoms with van der Waals surface area (Å²) >= 11 is 3.40. The molecule has 1 N–H and O–H groups in total. The zero-order valence-electron chi connectivity index (χ0n) is 14.2. The highest BCUT2D eigenvalue weighted by molar-refractivity contribution is 9.10. The minimum absolute atomic E-state index is 0.161. The third-order valence-electron chi connectivity index (χ3n) is 4.32. The molecule has 0 unspecified atom stereocenters. The van der Waals surface area contributed by atoms with Gasteiger partial charge in [-0.2, -0.15) is 0 Å². The van der Waals surface area contributed by atoms with Crippen molar-refractivity contribution in [1.82, 2.24) is 4.57 Å². The van der Waals surface area contributed by atoms with Gasteiger partial charge in [-0.3, -0.25) is 4.79 Å². The van der Waals surface area contributed by atoms with Crippen molar-refractivity contribution in [2.45, 2.75) is 13.5 Å². The van der Waals surface area contributed by atoms with E-state index in [1.807, 2.05) is 34.9 Å². The van der Waals surface area contributed by atoms with E-state index in [0.29, 0.717) is 17.8 Å². The number of halogens is 1. The fraction of sp³-hybridized carbons (Fsp3) is 0.0952. The molecule has 0 aliphatic rings. The number of anilines is 1. The van der Waals surface area contributed by atoms with E-state index in [1.54, 1.807) is 12.3 Å². The summed E-state index contributed by atoms with van der Waals surface area (Å²) in [6.07, 6.45) is 1.65. The molecule has 0 spiro atoms. The fourth-order valence-electron chi connectivity index (χ4n) is 2.94. The van der Waals surface area contributed by atoms with Crippen LogP contribution in [0.2, 0.25) is 0 Å². The Morgan fingerprint density at radius 1 is 1.08 bits per heavy atom. The first-order valence-electron chi connectivity index (χ1n) is 8.29. The molecule has 2 aromatic heterocycles. The molecule has 5 heteroatoms. The van der Waals surface area contributed by atoms with Gasteiger partial charge in [-0.15, -0.1) is 0 Å². The third kappa shape index (κ3) is 3.30. The lowest BCUT2D eigenvalue weighted by molar-refractivity contribution is 0.101. The molecule has 4 nitrogen and oxygen atoms in total. The predicted molar refractivity (Wildman–Crippen MR) is 107 cm³/mol. The van der Waals surface area contributed by atoms with Crippen molar-refractivity contribution in [3.8, 4) is 0 Å². The molecule has 0 aliphatic carbocycles. The number of hydrogen-bond donors (Lipinski definition) is 1. The fourth-order valence-corrected chi connectivity index (χ4v) is 3.20. The van der Waals surface area contributed by atoms with Gasteiger partial charge in [0.2, 0.25) is 0 Å². The van der Waals surface area contributed by atoms with Crippen LogP contribution in [0.25, 0.3) is 11.1 Å². The van der Waals surface area contributed by atoms with Crippen LogP contribution in [-0.2, 0) is 6.54 Å². The maximum absolute atomic E-state index is 12.8. The van der Waals surface area contributed by atoms with Crippen molar-refractivity contribution >= 4 is 38.6 Å². The van der Waals surface area contributed by atoms with E-state index in [1.165, 1.54) is 5.56 Å². The van der Waals surface area contributed by atoms with Gasteiger partial charge in [0.15, 0.2) is 5.58 Å². The molecular formula is C21H17BrN2O2. The summed E-state index contributed by atoms with van der Waals surface area (Å²) in [7, 11) is 0. The number of nitrogens with one attached hydrogen (secondary N) is 1. The Kier molecular flexibility index (Phi) is 4.39. The van der Waals surface area contributed by atoms with Crippen LogP contribution in [0.4, 0.5) is 5.69 Å². The normalized spacial score (nSPS) is 11.0. The smallest absolute Gasteiger partial charge is 0.272 e. The summed E-state index contributed by atoms with van der Waals surface area (Å²) in [4.78, 5) is 12.8. The topological polar surface area (TPSA) is 47.2 Å². The maximum Gasteiger partial charge on any atom is 0.272 e. The van der Waals surface area contributed by atoms with E-state index in [2.05, 4.69) is 52.4 Å². The Hall–Kier alpha value is -2.79. The number of benzene rings is 2. The van der Waals surface area contributed by atoms with E-state index in [-0.39, 0.29) is 5.91 Å². The lowest BCUT2D eigenvalue weighted by atomic mass is 10.1. The highest BCUT2D eigenvalue weighted by Crippen LogP contribution is 2.24. The SMILES string of the molecule is Cc1ccc(Cn2c(C(=O)Nc3ccc(Br)cc3)cc3occc32)cc1. The molecule has 0 radical (unpaired) electrons. The van der Waals surface area contributed by atoms with Crippen LogP contribution in [0.1, 0.15) is 21.6 Å². The molecule has 0 saturated carbocycles. The van der Waals surface area contributed by atoms with Crippen LogP contribution in [0.3, 0.4) is 0 Å². The van der Waals surface area contributed by atoms with Crippen molar-refractivity contribution in [3.05, 3.63) is 88.2 Å². The van der Waals surface area contributed by atoms with Crippen LogP contribution >= 0.6 is 15.9 Å². The first-order valence-corrected chi connectivity index (χ1v) is 9.09. The number of carbonyl (C=O) groups is 1. The number of amides is 1. The number of carbonyl (C=O) groups excluding carboxylic acids is 1. The molecule has 0 atom stereocenters. The maximum atomic E-state index is 12.8. The summed E-state index contributed by atoms with van der Waals surface area (Å²) in [5, 5.41) is 2.95. The number of aromatic nitrogens is 1. The highest BCUT2D eigenvalue weighted by atomic mass is 79.9. The molecule has 26 heavy (non-hydrogen) atoms. The molecule has 2 heterocycles. The van der Waals surface area contributed by atoms with Crippen LogP contribution in [-0.4, -0.2) is 10.5 Å². The second-order valence-electron chi connectivity index (χ2n) is 6.23. The number of furan rings is 1. The summed E-state index contributed by atoms with van der Waals surface area (Å²) < 4.78 is 8.46. The van der Waals surface area contributed by atoms with Crippen molar-refractivity contribution in [2.24, 2.45) is 0 Å². The quantitative estimate of drug-likeness (QED) is 0.477. The average molecular weight is 409 g/mol. The summed E-state index contributed by atoms with van der Waals surface area (Å²) in [6, 6.07) is 19.5. The van der Waals surface area contributed by atoms with Gasteiger partial charge < -0.3 is 14.3 Å². The molecule has 1 amide bonds. The van der Waals surface area contributed by atoms with Gasteiger partial charge in [0.1, 0.15) is 5.69 Å². The lowest BCUT2D eigenvalue weighted by Gasteiger charge is -2.11. The van der Waals surface area contributed by atoms with E-state index < -0.39 is 0 Å². The molecule has 2 aromatic carbocycles. The first-order chi connectivity index (χ1) is 12.6. The number of hydrogen-bond acceptors (Lipinski definition) is 2. The Balaban J connectivity index is 1.67. The Morgan fingerprint density at radius 3 is 2.54 bits per heavy atom. The van der Waals surface area contributed by atoms with Crippen molar-refractivity contribution in [2.75, 3.05) is 5.32 Å². The van der Waals surface area contributed by atoms with Gasteiger partial charge >= 0.3 is 0 Å². The van der Waals surface area contributed by atoms with Gasteiger partial charge in [0, 0.05) is 28.8 Å². The number of fused-ring (bicyclic) bond motifs is 1. The molecule has 4 aromatic rings. The molecule has 0 saturated heterocycles. The van der Waals surface area contributed by atoms with Gasteiger partial charge in [-0.05, 0) is 36.8 Å². The van der Waals surface area contributed by atoms with E-state index in [4.69, 9.17) is 4.42 Å². The lowest BCUT2D eigenvalue weighted by Crippen LogP contribution is -2.17. The van der Waals surface area contributed by atoms with Crippen LogP contribution in [0, 0.1) is 6.92 Å². The number of aryl methyl sites for hydroxylation is 1. The van der Waals surface area contributed by atoms with E-state index >= 15 is 0 Å². The number of nitrogens with zero attached hydrogens (tertiary/aromatic N) is 1. The van der Waals surface area contributed by atoms with Crippen molar-refractivity contribution in [3.63, 3.8) is 0 Å².